The second kappa shape index (κ2) is 16.0. The summed E-state index contributed by atoms with van der Waals surface area (Å²) < 4.78 is 0. The minimum atomic E-state index is 0.632. The van der Waals surface area contributed by atoms with E-state index in [1.54, 1.807) is 0 Å². The lowest BCUT2D eigenvalue weighted by atomic mass is 10.1. The molecule has 0 fully saturated rings. The van der Waals surface area contributed by atoms with Crippen LogP contribution in [-0.2, 0) is 6.54 Å². The van der Waals surface area contributed by atoms with Crippen molar-refractivity contribution in [2.75, 3.05) is 12.5 Å². The van der Waals surface area contributed by atoms with E-state index < -0.39 is 0 Å². The van der Waals surface area contributed by atoms with Gasteiger partial charge in [0.15, 0.2) is 0 Å². The summed E-state index contributed by atoms with van der Waals surface area (Å²) in [5.74, 6) is 0. The van der Waals surface area contributed by atoms with E-state index in [2.05, 4.69) is 42.2 Å². The summed E-state index contributed by atoms with van der Waals surface area (Å²) >= 11 is 6.09. The third kappa shape index (κ3) is 11.9. The van der Waals surface area contributed by atoms with Crippen molar-refractivity contribution in [3.8, 4) is 0 Å². The Morgan fingerprint density at radius 3 is 1.71 bits per heavy atom. The van der Waals surface area contributed by atoms with Crippen molar-refractivity contribution in [3.05, 3.63) is 35.9 Å². The maximum Gasteiger partial charge on any atom is 0.0741 e. The zero-order valence-electron chi connectivity index (χ0n) is 15.8. The average Bonchev–Trinajstić information content (AvgIpc) is 2.62. The van der Waals surface area contributed by atoms with Crippen LogP contribution in [0, 0.1) is 0 Å². The Morgan fingerprint density at radius 2 is 1.21 bits per heavy atom. The Labute approximate surface area is 155 Å². The number of hydrogen-bond donors (Lipinski definition) is 0. The highest BCUT2D eigenvalue weighted by atomic mass is 35.5. The first-order valence-electron chi connectivity index (χ1n) is 10.2. The molecule has 0 N–H and O–H groups in total. The van der Waals surface area contributed by atoms with Gasteiger partial charge in [0.05, 0.1) is 6.00 Å². The quantitative estimate of drug-likeness (QED) is 0.170. The molecule has 1 rings (SSSR count). The van der Waals surface area contributed by atoms with E-state index in [4.69, 9.17) is 11.6 Å². The highest BCUT2D eigenvalue weighted by Crippen LogP contribution is 2.13. The largest absolute Gasteiger partial charge is 0.286 e. The van der Waals surface area contributed by atoms with Crippen LogP contribution >= 0.6 is 11.6 Å². The molecule has 0 heterocycles. The van der Waals surface area contributed by atoms with E-state index in [-0.39, 0.29) is 0 Å². The number of rotatable bonds is 16. The SMILES string of the molecule is CCCCCCCCCCCCCCN(CCl)Cc1ccccc1. The molecule has 0 aliphatic heterocycles. The average molecular weight is 352 g/mol. The molecule has 0 spiro atoms. The monoisotopic (exact) mass is 351 g/mol. The molecule has 0 radical (unpaired) electrons. The third-order valence-electron chi connectivity index (χ3n) is 4.75. The summed E-state index contributed by atoms with van der Waals surface area (Å²) in [4.78, 5) is 2.34. The van der Waals surface area contributed by atoms with E-state index in [0.29, 0.717) is 6.00 Å². The molecule has 1 aromatic rings. The van der Waals surface area contributed by atoms with Gasteiger partial charge in [-0.1, -0.05) is 108 Å². The summed E-state index contributed by atoms with van der Waals surface area (Å²) in [5, 5.41) is 0. The van der Waals surface area contributed by atoms with Crippen molar-refractivity contribution in [1.82, 2.24) is 4.90 Å². The standard InChI is InChI=1S/C22H38ClN/c1-2-3-4-5-6-7-8-9-10-11-12-16-19-24(21-23)20-22-17-14-13-15-18-22/h13-15,17-18H,2-12,16,19-21H2,1H3. The molecule has 0 aliphatic carbocycles. The van der Waals surface area contributed by atoms with Gasteiger partial charge in [0.25, 0.3) is 0 Å². The normalized spacial score (nSPS) is 11.3. The van der Waals surface area contributed by atoms with Gasteiger partial charge in [-0.15, -0.1) is 11.6 Å². The van der Waals surface area contributed by atoms with Crippen molar-refractivity contribution >= 4 is 11.6 Å². The molecule has 0 atom stereocenters. The summed E-state index contributed by atoms with van der Waals surface area (Å²) in [5.41, 5.74) is 1.36. The zero-order valence-corrected chi connectivity index (χ0v) is 16.6. The smallest absolute Gasteiger partial charge is 0.0741 e. The van der Waals surface area contributed by atoms with Gasteiger partial charge >= 0.3 is 0 Å². The lowest BCUT2D eigenvalue weighted by Crippen LogP contribution is -2.22. The molecule has 0 saturated heterocycles. The van der Waals surface area contributed by atoms with Crippen molar-refractivity contribution in [2.24, 2.45) is 0 Å². The molecular formula is C22H38ClN. The molecule has 1 nitrogen and oxygen atoms in total. The molecule has 2 heteroatoms. The van der Waals surface area contributed by atoms with Crippen molar-refractivity contribution < 1.29 is 0 Å². The van der Waals surface area contributed by atoms with E-state index in [9.17, 15) is 0 Å². The Bertz CT molecular complexity index is 365. The number of hydrogen-bond acceptors (Lipinski definition) is 1. The van der Waals surface area contributed by atoms with Crippen LogP contribution in [0.2, 0.25) is 0 Å². The van der Waals surface area contributed by atoms with Crippen LogP contribution in [0.1, 0.15) is 89.5 Å². The molecule has 0 bridgehead atoms. The van der Waals surface area contributed by atoms with E-state index in [1.165, 1.54) is 82.6 Å². The molecule has 0 aromatic heterocycles. The van der Waals surface area contributed by atoms with Gasteiger partial charge in [0, 0.05) is 6.54 Å². The molecule has 0 aliphatic rings. The Kier molecular flexibility index (Phi) is 14.3. The van der Waals surface area contributed by atoms with Crippen LogP contribution in [-0.4, -0.2) is 17.4 Å². The highest BCUT2D eigenvalue weighted by Gasteiger charge is 2.04. The molecule has 0 unspecified atom stereocenters. The van der Waals surface area contributed by atoms with Crippen LogP contribution in [0.5, 0.6) is 0 Å². The number of benzene rings is 1. The number of nitrogens with zero attached hydrogens (tertiary/aromatic N) is 1. The first-order valence-corrected chi connectivity index (χ1v) is 10.7. The van der Waals surface area contributed by atoms with E-state index in [0.717, 1.165) is 13.1 Å². The van der Waals surface area contributed by atoms with Gasteiger partial charge in [-0.25, -0.2) is 0 Å². The van der Waals surface area contributed by atoms with Crippen molar-refractivity contribution in [1.29, 1.82) is 0 Å². The van der Waals surface area contributed by atoms with Gasteiger partial charge < -0.3 is 0 Å². The van der Waals surface area contributed by atoms with Crippen LogP contribution in [0.25, 0.3) is 0 Å². The van der Waals surface area contributed by atoms with E-state index >= 15 is 0 Å². The Morgan fingerprint density at radius 1 is 0.708 bits per heavy atom. The zero-order chi connectivity index (χ0) is 17.3. The first kappa shape index (κ1) is 21.5. The molecule has 1 aromatic carbocycles. The molecule has 24 heavy (non-hydrogen) atoms. The van der Waals surface area contributed by atoms with Crippen LogP contribution in [0.4, 0.5) is 0 Å². The summed E-state index contributed by atoms with van der Waals surface area (Å²) in [6.45, 7) is 4.38. The summed E-state index contributed by atoms with van der Waals surface area (Å²) in [6.07, 6.45) is 16.8. The third-order valence-corrected chi connectivity index (χ3v) is 5.08. The van der Waals surface area contributed by atoms with Gasteiger partial charge in [-0.05, 0) is 18.5 Å². The molecule has 138 valence electrons. The number of alkyl halides is 1. The Balaban J connectivity index is 1.90. The molecule has 0 amide bonds. The minimum Gasteiger partial charge on any atom is -0.286 e. The molecule has 0 saturated carbocycles. The maximum atomic E-state index is 6.09. The van der Waals surface area contributed by atoms with Crippen molar-refractivity contribution in [2.45, 2.75) is 90.5 Å². The number of unbranched alkanes of at least 4 members (excludes halogenated alkanes) is 11. The lowest BCUT2D eigenvalue weighted by Gasteiger charge is -2.19. The van der Waals surface area contributed by atoms with Gasteiger partial charge in [0.1, 0.15) is 0 Å². The van der Waals surface area contributed by atoms with Crippen LogP contribution in [0.3, 0.4) is 0 Å². The van der Waals surface area contributed by atoms with E-state index in [1.807, 2.05) is 0 Å². The highest BCUT2D eigenvalue weighted by molar-refractivity contribution is 6.17. The first-order chi connectivity index (χ1) is 11.9. The predicted octanol–water partition coefficient (Wildman–Crippen LogP) is 7.39. The van der Waals surface area contributed by atoms with Gasteiger partial charge in [0.2, 0.25) is 0 Å². The fourth-order valence-corrected chi connectivity index (χ4v) is 3.40. The lowest BCUT2D eigenvalue weighted by molar-refractivity contribution is 0.300. The second-order valence-electron chi connectivity index (χ2n) is 7.05. The Hall–Kier alpha value is -0.530. The maximum absolute atomic E-state index is 6.09. The predicted molar refractivity (Wildman–Crippen MR) is 109 cm³/mol. The summed E-state index contributed by atoms with van der Waals surface area (Å²) in [7, 11) is 0. The number of halogens is 1. The minimum absolute atomic E-state index is 0.632. The second-order valence-corrected chi connectivity index (χ2v) is 7.29. The van der Waals surface area contributed by atoms with Crippen LogP contribution in [0.15, 0.2) is 30.3 Å². The topological polar surface area (TPSA) is 3.24 Å². The van der Waals surface area contributed by atoms with Crippen LogP contribution < -0.4 is 0 Å². The fourth-order valence-electron chi connectivity index (χ4n) is 3.20. The van der Waals surface area contributed by atoms with Gasteiger partial charge in [-0.3, -0.25) is 4.90 Å². The van der Waals surface area contributed by atoms with Crippen molar-refractivity contribution in [3.63, 3.8) is 0 Å². The summed E-state index contributed by atoms with van der Waals surface area (Å²) in [6, 6.07) is 11.3. The van der Waals surface area contributed by atoms with Gasteiger partial charge in [-0.2, -0.15) is 0 Å². The molecular weight excluding hydrogens is 314 g/mol. The fraction of sp³-hybridized carbons (Fsp3) is 0.727.